The van der Waals surface area contributed by atoms with Crippen molar-refractivity contribution in [1.82, 2.24) is 0 Å². The molecule has 0 saturated carbocycles. The monoisotopic (exact) mass is 251 g/mol. The second-order valence-corrected chi connectivity index (χ2v) is 0. The number of rotatable bonds is 0. The van der Waals surface area contributed by atoms with E-state index in [1.165, 1.54) is 0 Å². The van der Waals surface area contributed by atoms with Gasteiger partial charge >= 0.3 is 38.6 Å². The molecule has 0 rings (SSSR count). The van der Waals surface area contributed by atoms with Gasteiger partial charge in [-0.05, 0) is 0 Å². The topological polar surface area (TPSA) is 17.1 Å². The first-order valence-corrected chi connectivity index (χ1v) is 0.636. The van der Waals surface area contributed by atoms with Crippen molar-refractivity contribution in [2.75, 3.05) is 0 Å². The van der Waals surface area contributed by atoms with Crippen LogP contribution in [0, 0.1) is 0 Å². The normalized spacial score (nSPS) is 0.667. The molecule has 41 valence electrons. The molecule has 6 heavy (non-hydrogen) atoms. The summed E-state index contributed by atoms with van der Waals surface area (Å²) in [5.74, 6) is 0. The molecule has 0 fully saturated rings. The van der Waals surface area contributed by atoms with Crippen LogP contribution < -0.4 is 0 Å². The van der Waals surface area contributed by atoms with Crippen LogP contribution in [0.1, 0.15) is 0 Å². The molecule has 0 amide bonds. The Balaban J connectivity index is -0.000000000833. The molecule has 0 aromatic heterocycles. The Morgan fingerprint density at radius 2 is 1.17 bits per heavy atom. The van der Waals surface area contributed by atoms with Gasteiger partial charge in [-0.1, -0.05) is 0 Å². The van der Waals surface area contributed by atoms with Crippen LogP contribution in [0.4, 0.5) is 0 Å². The average molecular weight is 251 g/mol. The van der Waals surface area contributed by atoms with Crippen molar-refractivity contribution >= 4 is 18.9 Å². The van der Waals surface area contributed by atoms with Crippen LogP contribution in [0.15, 0.2) is 0 Å². The van der Waals surface area contributed by atoms with E-state index in [2.05, 4.69) is 0 Å². The molecule has 0 saturated heterocycles. The molecule has 0 aliphatic carbocycles. The summed E-state index contributed by atoms with van der Waals surface area (Å²) < 4.78 is 8.06. The summed E-state index contributed by atoms with van der Waals surface area (Å²) in [7, 11) is 0. The van der Waals surface area contributed by atoms with E-state index in [1.54, 1.807) is 15.9 Å². The molecule has 1 nitrogen and oxygen atoms in total. The van der Waals surface area contributed by atoms with E-state index in [0.717, 1.165) is 0 Å². The first-order chi connectivity index (χ1) is 1.00. The Kier molecular flexibility index (Phi) is 342. The molecular formula is HCoLiMn2NiO. The van der Waals surface area contributed by atoms with Crippen molar-refractivity contribution in [3.63, 3.8) is 0 Å². The maximum atomic E-state index is 8.06. The minimum atomic E-state index is 0. The van der Waals surface area contributed by atoms with E-state index in [-0.39, 0.29) is 69.2 Å². The molecule has 6 heteroatoms. The second-order valence-electron chi connectivity index (χ2n) is 0. The molecule has 0 aromatic rings. The predicted molar refractivity (Wildman–Crippen MR) is 7.84 cm³/mol. The molecule has 0 aromatic carbocycles. The third-order valence-electron chi connectivity index (χ3n) is 0. The van der Waals surface area contributed by atoms with Gasteiger partial charge in [-0.25, -0.2) is 0 Å². The summed E-state index contributed by atoms with van der Waals surface area (Å²) in [4.78, 5) is 0. The summed E-state index contributed by atoms with van der Waals surface area (Å²) >= 11 is 1.69. The van der Waals surface area contributed by atoms with E-state index < -0.39 is 0 Å². The minimum absolute atomic E-state index is 0. The van der Waals surface area contributed by atoms with Gasteiger partial charge in [0.2, 0.25) is 0 Å². The Bertz CT molecular complexity index is 13.5. The quantitative estimate of drug-likeness (QED) is 0.517. The number of hydrogen-bond donors (Lipinski definition) is 0. The van der Waals surface area contributed by atoms with E-state index in [0.29, 0.717) is 0 Å². The molecule has 0 spiro atoms. The van der Waals surface area contributed by atoms with Crippen molar-refractivity contribution in [1.29, 1.82) is 0 Å². The van der Waals surface area contributed by atoms with Gasteiger partial charge in [-0.3, -0.25) is 0 Å². The van der Waals surface area contributed by atoms with Crippen molar-refractivity contribution in [3.05, 3.63) is 0 Å². The summed E-state index contributed by atoms with van der Waals surface area (Å²) in [6, 6.07) is 0. The van der Waals surface area contributed by atoms with Crippen LogP contribution >= 0.6 is 0 Å². The van der Waals surface area contributed by atoms with Gasteiger partial charge in [0, 0.05) is 50.3 Å². The molecule has 0 heterocycles. The van der Waals surface area contributed by atoms with Crippen LogP contribution in [0.2, 0.25) is 0 Å². The zero-order valence-electron chi connectivity index (χ0n) is 1.81. The van der Waals surface area contributed by atoms with Gasteiger partial charge in [0.1, 0.15) is 0 Å². The Morgan fingerprint density at radius 3 is 1.17 bits per heavy atom. The van der Waals surface area contributed by atoms with Gasteiger partial charge in [0.05, 0.1) is 0 Å². The SMILES string of the molecule is [Co].[LiH].[Mn].[Ni].[O]=[Mn]. The van der Waals surface area contributed by atoms with Crippen LogP contribution in [-0.2, 0) is 70.1 Å². The first kappa shape index (κ1) is 39.5. The van der Waals surface area contributed by atoms with E-state index in [9.17, 15) is 0 Å². The molecule has 0 aliphatic heterocycles. The summed E-state index contributed by atoms with van der Waals surface area (Å²) in [6.07, 6.45) is 0. The Hall–Kier alpha value is 2.44. The maximum absolute atomic E-state index is 8.06. The first-order valence-electron chi connectivity index (χ1n) is 0.154. The standard InChI is InChI=1S/Co.Li.2Mn.Ni.O.H. The molecule has 0 atom stereocenters. The van der Waals surface area contributed by atoms with Gasteiger partial charge in [0.25, 0.3) is 0 Å². The molecule has 0 aliphatic rings. The van der Waals surface area contributed by atoms with Crippen LogP contribution in [0.25, 0.3) is 0 Å². The van der Waals surface area contributed by atoms with Crippen LogP contribution in [0.5, 0.6) is 0 Å². The Labute approximate surface area is 87.9 Å². The van der Waals surface area contributed by atoms with E-state index in [4.69, 9.17) is 3.83 Å². The fourth-order valence-corrected chi connectivity index (χ4v) is 0. The van der Waals surface area contributed by atoms with Crippen molar-refractivity contribution < 1.29 is 70.1 Å². The number of hydrogen-bond acceptors (Lipinski definition) is 1. The van der Waals surface area contributed by atoms with Crippen molar-refractivity contribution in [3.8, 4) is 0 Å². The second kappa shape index (κ2) is 51.9. The van der Waals surface area contributed by atoms with Crippen LogP contribution in [0.3, 0.4) is 0 Å². The van der Waals surface area contributed by atoms with Crippen molar-refractivity contribution in [2.24, 2.45) is 0 Å². The average Bonchev–Trinajstić information content (AvgIpc) is 1.00. The molecule has 0 unspecified atom stereocenters. The summed E-state index contributed by atoms with van der Waals surface area (Å²) in [5, 5.41) is 0. The zero-order chi connectivity index (χ0) is 2.00. The third kappa shape index (κ3) is 32.0. The van der Waals surface area contributed by atoms with Gasteiger partial charge in [-0.2, -0.15) is 0 Å². The fraction of sp³-hybridized carbons (Fsp3) is 0. The molecule has 0 N–H and O–H groups in total. The Morgan fingerprint density at radius 1 is 1.17 bits per heavy atom. The van der Waals surface area contributed by atoms with Crippen LogP contribution in [-0.4, -0.2) is 18.9 Å². The summed E-state index contributed by atoms with van der Waals surface area (Å²) in [6.45, 7) is 0. The molecule has 2 radical (unpaired) electrons. The van der Waals surface area contributed by atoms with Gasteiger partial charge < -0.3 is 0 Å². The third-order valence-corrected chi connectivity index (χ3v) is 0. The zero-order valence-corrected chi connectivity index (χ0v) is 6.20. The predicted octanol–water partition coefficient (Wildman–Crippen LogP) is -0.777. The molecular weight excluding hydrogens is 250 g/mol. The van der Waals surface area contributed by atoms with E-state index in [1.807, 2.05) is 0 Å². The van der Waals surface area contributed by atoms with Crippen molar-refractivity contribution in [2.45, 2.75) is 0 Å². The van der Waals surface area contributed by atoms with E-state index >= 15 is 0 Å². The summed E-state index contributed by atoms with van der Waals surface area (Å²) in [5.41, 5.74) is 0. The fourth-order valence-electron chi connectivity index (χ4n) is 0. The van der Waals surface area contributed by atoms with Gasteiger partial charge in [-0.15, -0.1) is 0 Å². The molecule has 0 bridgehead atoms. The van der Waals surface area contributed by atoms with Gasteiger partial charge in [0.15, 0.2) is 0 Å².